The molecule has 6 nitrogen and oxygen atoms in total. The molecule has 0 saturated heterocycles. The van der Waals surface area contributed by atoms with Gasteiger partial charge in [0.15, 0.2) is 0 Å². The summed E-state index contributed by atoms with van der Waals surface area (Å²) in [4.78, 5) is 27.9. The second kappa shape index (κ2) is 5.34. The number of carbonyl (C=O) groups excluding carboxylic acids is 2. The van der Waals surface area contributed by atoms with Gasteiger partial charge in [-0.2, -0.15) is 4.99 Å². The van der Waals surface area contributed by atoms with E-state index >= 15 is 0 Å². The number of urea groups is 1. The molecule has 6 heteroatoms. The molecule has 0 aromatic rings. The van der Waals surface area contributed by atoms with Crippen molar-refractivity contribution in [3.63, 3.8) is 0 Å². The monoisotopic (exact) mass is 236 g/mol. The van der Waals surface area contributed by atoms with Crippen LogP contribution in [0.2, 0.25) is 0 Å². The summed E-state index contributed by atoms with van der Waals surface area (Å²) in [5.41, 5.74) is 5.61. The molecule has 1 rings (SSSR count). The Hall–Kier alpha value is -2.03. The van der Waals surface area contributed by atoms with Crippen LogP contribution in [0, 0.1) is 12.3 Å². The zero-order chi connectivity index (χ0) is 13.0. The van der Waals surface area contributed by atoms with Crippen LogP contribution in [0.3, 0.4) is 0 Å². The number of aliphatic imine (C=N–C) groups is 1. The summed E-state index contributed by atoms with van der Waals surface area (Å²) in [6, 6.07) is -0.973. The van der Waals surface area contributed by atoms with Crippen LogP contribution in [0.4, 0.5) is 4.79 Å². The highest BCUT2D eigenvalue weighted by molar-refractivity contribution is 6.04. The van der Waals surface area contributed by atoms with Gasteiger partial charge in [-0.3, -0.25) is 4.79 Å². The van der Waals surface area contributed by atoms with Crippen LogP contribution < -0.4 is 11.1 Å². The van der Waals surface area contributed by atoms with E-state index in [1.54, 1.807) is 0 Å². The van der Waals surface area contributed by atoms with E-state index in [1.165, 1.54) is 4.90 Å². The van der Waals surface area contributed by atoms with Crippen LogP contribution in [0.25, 0.3) is 0 Å². The molecule has 0 aliphatic carbocycles. The predicted molar refractivity (Wildman–Crippen MR) is 64.2 cm³/mol. The van der Waals surface area contributed by atoms with Crippen LogP contribution in [0.1, 0.15) is 20.3 Å². The minimum atomic E-state index is -0.530. The Labute approximate surface area is 100 Å². The molecule has 0 spiro atoms. The summed E-state index contributed by atoms with van der Waals surface area (Å²) in [6.45, 7) is 3.81. The van der Waals surface area contributed by atoms with Crippen molar-refractivity contribution in [3.05, 3.63) is 0 Å². The van der Waals surface area contributed by atoms with Crippen molar-refractivity contribution < 1.29 is 9.59 Å². The molecule has 1 aliphatic rings. The van der Waals surface area contributed by atoms with E-state index in [2.05, 4.69) is 16.2 Å². The average Bonchev–Trinajstić information content (AvgIpc) is 2.44. The molecule has 17 heavy (non-hydrogen) atoms. The second-order valence-electron chi connectivity index (χ2n) is 4.09. The fourth-order valence-corrected chi connectivity index (χ4v) is 1.59. The number of amidine groups is 1. The van der Waals surface area contributed by atoms with E-state index in [4.69, 9.17) is 12.2 Å². The molecular formula is C11H16N4O2. The van der Waals surface area contributed by atoms with Crippen molar-refractivity contribution >= 4 is 17.8 Å². The predicted octanol–water partition coefficient (Wildman–Crippen LogP) is -0.304. The minimum absolute atomic E-state index is 0.0406. The van der Waals surface area contributed by atoms with Gasteiger partial charge in [-0.25, -0.2) is 4.79 Å². The Morgan fingerprint density at radius 2 is 2.35 bits per heavy atom. The number of terminal acetylenes is 1. The zero-order valence-corrected chi connectivity index (χ0v) is 9.93. The summed E-state index contributed by atoms with van der Waals surface area (Å²) >= 11 is 0. The number of nitrogens with two attached hydrogens (primary N) is 1. The van der Waals surface area contributed by atoms with Gasteiger partial charge in [0.1, 0.15) is 11.9 Å². The summed E-state index contributed by atoms with van der Waals surface area (Å²) < 4.78 is 0. The summed E-state index contributed by atoms with van der Waals surface area (Å²) in [7, 11) is 0. The maximum Gasteiger partial charge on any atom is 0.346 e. The lowest BCUT2D eigenvalue weighted by molar-refractivity contribution is -0.122. The minimum Gasteiger partial charge on any atom is -0.385 e. The highest BCUT2D eigenvalue weighted by Crippen LogP contribution is 2.13. The van der Waals surface area contributed by atoms with Crippen molar-refractivity contribution in [2.24, 2.45) is 10.7 Å². The Bertz CT molecular complexity index is 395. The standard InChI is InChI=1S/C11H16N4O2/c1-4-5-15-8(10(12)14-11(15)17)6-9(16)13-7(2)3/h1,7-8H,5-6H2,2-3H3,(H,13,16)(H2,12,14,17). The first-order valence-electron chi connectivity index (χ1n) is 5.33. The molecule has 0 bridgehead atoms. The first kappa shape index (κ1) is 13.0. The lowest BCUT2D eigenvalue weighted by Gasteiger charge is -2.21. The fraction of sp³-hybridized carbons (Fsp3) is 0.545. The van der Waals surface area contributed by atoms with Gasteiger partial charge in [-0.1, -0.05) is 5.92 Å². The lowest BCUT2D eigenvalue weighted by atomic mass is 10.1. The number of hydrogen-bond donors (Lipinski definition) is 2. The molecule has 0 saturated carbocycles. The molecule has 1 heterocycles. The lowest BCUT2D eigenvalue weighted by Crippen LogP contribution is -2.44. The topological polar surface area (TPSA) is 87.8 Å². The first-order valence-corrected chi connectivity index (χ1v) is 5.33. The fourth-order valence-electron chi connectivity index (χ4n) is 1.59. The molecule has 0 aromatic heterocycles. The summed E-state index contributed by atoms with van der Waals surface area (Å²) in [5, 5.41) is 2.73. The van der Waals surface area contributed by atoms with Gasteiger partial charge in [0, 0.05) is 6.04 Å². The van der Waals surface area contributed by atoms with Crippen LogP contribution >= 0.6 is 0 Å². The Morgan fingerprint density at radius 3 is 2.88 bits per heavy atom. The average molecular weight is 236 g/mol. The normalized spacial score (nSPS) is 19.2. The van der Waals surface area contributed by atoms with Gasteiger partial charge < -0.3 is 16.0 Å². The molecule has 1 atom stereocenters. The van der Waals surface area contributed by atoms with Crippen LogP contribution in [-0.2, 0) is 4.79 Å². The number of amides is 3. The smallest absolute Gasteiger partial charge is 0.346 e. The third kappa shape index (κ3) is 3.21. The number of rotatable bonds is 4. The first-order chi connectivity index (χ1) is 7.95. The van der Waals surface area contributed by atoms with E-state index in [1.807, 2.05) is 13.8 Å². The van der Waals surface area contributed by atoms with Gasteiger partial charge in [-0.15, -0.1) is 6.42 Å². The molecule has 92 valence electrons. The molecule has 0 aromatic carbocycles. The van der Waals surface area contributed by atoms with Crippen LogP contribution in [0.5, 0.6) is 0 Å². The summed E-state index contributed by atoms with van der Waals surface area (Å²) in [5.74, 6) is 2.31. The van der Waals surface area contributed by atoms with Gasteiger partial charge in [0.25, 0.3) is 0 Å². The Morgan fingerprint density at radius 1 is 1.71 bits per heavy atom. The van der Waals surface area contributed by atoms with Crippen molar-refractivity contribution in [2.75, 3.05) is 6.54 Å². The highest BCUT2D eigenvalue weighted by atomic mass is 16.2. The Kier molecular flexibility index (Phi) is 4.10. The third-order valence-corrected chi connectivity index (χ3v) is 2.28. The van der Waals surface area contributed by atoms with E-state index in [0.29, 0.717) is 0 Å². The van der Waals surface area contributed by atoms with E-state index in [0.717, 1.165) is 0 Å². The second-order valence-corrected chi connectivity index (χ2v) is 4.09. The highest BCUT2D eigenvalue weighted by Gasteiger charge is 2.34. The van der Waals surface area contributed by atoms with Gasteiger partial charge in [0.05, 0.1) is 13.0 Å². The largest absolute Gasteiger partial charge is 0.385 e. The molecule has 0 radical (unpaired) electrons. The van der Waals surface area contributed by atoms with Crippen molar-refractivity contribution in [2.45, 2.75) is 32.4 Å². The van der Waals surface area contributed by atoms with E-state index < -0.39 is 12.1 Å². The maximum atomic E-state index is 11.6. The molecule has 1 aliphatic heterocycles. The zero-order valence-electron chi connectivity index (χ0n) is 9.93. The van der Waals surface area contributed by atoms with Gasteiger partial charge in [0.2, 0.25) is 5.91 Å². The number of hydrogen-bond acceptors (Lipinski definition) is 3. The molecule has 3 amide bonds. The van der Waals surface area contributed by atoms with Gasteiger partial charge in [-0.05, 0) is 13.8 Å². The molecule has 3 N–H and O–H groups in total. The number of carbonyl (C=O) groups is 2. The Balaban J connectivity index is 2.68. The van der Waals surface area contributed by atoms with Crippen LogP contribution in [0.15, 0.2) is 4.99 Å². The van der Waals surface area contributed by atoms with E-state index in [-0.39, 0.29) is 30.8 Å². The van der Waals surface area contributed by atoms with Crippen molar-refractivity contribution in [3.8, 4) is 12.3 Å². The van der Waals surface area contributed by atoms with Crippen LogP contribution in [-0.4, -0.2) is 41.3 Å². The maximum absolute atomic E-state index is 11.6. The third-order valence-electron chi connectivity index (χ3n) is 2.28. The molecule has 0 fully saturated rings. The number of nitrogens with zero attached hydrogens (tertiary/aromatic N) is 2. The SMILES string of the molecule is C#CCN1C(=O)N=C(N)C1CC(=O)NC(C)C. The van der Waals surface area contributed by atoms with Crippen molar-refractivity contribution in [1.82, 2.24) is 10.2 Å². The quantitative estimate of drug-likeness (QED) is 0.657. The molecule has 1 unspecified atom stereocenters. The summed E-state index contributed by atoms with van der Waals surface area (Å²) in [6.07, 6.45) is 5.24. The van der Waals surface area contributed by atoms with Crippen molar-refractivity contribution in [1.29, 1.82) is 0 Å². The van der Waals surface area contributed by atoms with Gasteiger partial charge >= 0.3 is 6.03 Å². The molecular weight excluding hydrogens is 220 g/mol. The van der Waals surface area contributed by atoms with E-state index in [9.17, 15) is 9.59 Å². The number of nitrogens with one attached hydrogen (secondary N) is 1.